The second kappa shape index (κ2) is 18.1. The molecular weight excluding hydrogens is 618 g/mol. The van der Waals surface area contributed by atoms with Gasteiger partial charge in [0.1, 0.15) is 17.4 Å². The minimum atomic E-state index is -1.82. The van der Waals surface area contributed by atoms with E-state index in [1.807, 2.05) is 24.3 Å². The predicted octanol–water partition coefficient (Wildman–Crippen LogP) is 0.957. The van der Waals surface area contributed by atoms with Crippen molar-refractivity contribution in [2.75, 3.05) is 58.2 Å². The fourth-order valence-corrected chi connectivity index (χ4v) is 4.32. The van der Waals surface area contributed by atoms with E-state index in [0.29, 0.717) is 18.8 Å². The molecule has 1 fully saturated rings. The van der Waals surface area contributed by atoms with Crippen LogP contribution in [-0.4, -0.2) is 128 Å². The average Bonchev–Trinajstić information content (AvgIpc) is 3.00. The maximum Gasteiger partial charge on any atom is 0.414 e. The second-order valence-electron chi connectivity index (χ2n) is 9.81. The van der Waals surface area contributed by atoms with Gasteiger partial charge in [-0.15, -0.1) is 0 Å². The van der Waals surface area contributed by atoms with Crippen molar-refractivity contribution in [1.29, 1.82) is 0 Å². The molecule has 3 aromatic rings. The lowest BCUT2D eigenvalue weighted by atomic mass is 10.0. The number of nitrogens with zero attached hydrogens (tertiary/aromatic N) is 3. The van der Waals surface area contributed by atoms with Gasteiger partial charge in [0.05, 0.1) is 24.8 Å². The number of aromatic nitrogens is 1. The summed E-state index contributed by atoms with van der Waals surface area (Å²) in [5.41, 5.74) is 1.93. The fraction of sp³-hybridized carbons (Fsp3) is 0.345. The SMILES string of the molecule is COc1ccc2nccc([C@@H](O)CN3CCN(C[C@H](O)CNc4cc(F)cc(F)c4)CC3)c2c1.O=C(O)C(=O)O.O=C(O)C(=O)O. The number of carboxylic acid groups (broad SMARTS) is 4. The van der Waals surface area contributed by atoms with E-state index in [2.05, 4.69) is 20.1 Å². The zero-order chi connectivity index (χ0) is 34.4. The first-order valence-corrected chi connectivity index (χ1v) is 13.6. The molecule has 0 amide bonds. The molecule has 0 radical (unpaired) electrons. The number of β-amino-alcohol motifs (C(OH)–C–C–N with tert-alkyl or cyclic N) is 2. The van der Waals surface area contributed by atoms with Gasteiger partial charge in [-0.05, 0) is 42.0 Å². The summed E-state index contributed by atoms with van der Waals surface area (Å²) in [5, 5.41) is 54.6. The van der Waals surface area contributed by atoms with Gasteiger partial charge in [0, 0.05) is 69.2 Å². The van der Waals surface area contributed by atoms with Crippen molar-refractivity contribution >= 4 is 40.5 Å². The van der Waals surface area contributed by atoms with Crippen LogP contribution in [0.1, 0.15) is 11.7 Å². The Balaban J connectivity index is 0.000000522. The number of ether oxygens (including phenoxy) is 1. The standard InChI is InChI=1S/C25H30F2N4O3.2C2H2O4/c1-34-21-2-3-24-23(13-21)22(4-5-28-24)25(33)16-31-8-6-30(7-9-31)15-20(32)14-29-19-11-17(26)10-18(27)12-19;2*3-1(4)2(5)6/h2-5,10-13,20,25,29,32-33H,6-9,14-16H2,1H3;2*(H,3,4)(H,5,6)/t20-,25+;;/m1../s1. The molecule has 7 N–H and O–H groups in total. The van der Waals surface area contributed by atoms with E-state index in [1.54, 1.807) is 13.3 Å². The van der Waals surface area contributed by atoms with E-state index in [0.717, 1.165) is 54.5 Å². The van der Waals surface area contributed by atoms with Crippen LogP contribution in [0.3, 0.4) is 0 Å². The van der Waals surface area contributed by atoms with Crippen LogP contribution in [0.5, 0.6) is 5.75 Å². The van der Waals surface area contributed by atoms with E-state index in [4.69, 9.17) is 44.3 Å². The predicted molar refractivity (Wildman–Crippen MR) is 158 cm³/mol. The molecule has 15 nitrogen and oxygen atoms in total. The van der Waals surface area contributed by atoms with E-state index in [-0.39, 0.29) is 6.54 Å². The Morgan fingerprint density at radius 1 is 0.826 bits per heavy atom. The summed E-state index contributed by atoms with van der Waals surface area (Å²) < 4.78 is 31.9. The van der Waals surface area contributed by atoms with E-state index < -0.39 is 47.7 Å². The number of nitrogens with one attached hydrogen (secondary N) is 1. The molecule has 1 saturated heterocycles. The van der Waals surface area contributed by atoms with Crippen LogP contribution in [-0.2, 0) is 19.2 Å². The monoisotopic (exact) mass is 652 g/mol. The maximum atomic E-state index is 13.3. The molecular formula is C29H34F2N4O11. The number of aliphatic hydroxyl groups excluding tert-OH is 2. The Labute approximate surface area is 260 Å². The molecule has 4 rings (SSSR count). The number of methoxy groups -OCH3 is 1. The molecule has 2 heterocycles. The molecule has 0 unspecified atom stereocenters. The molecule has 0 saturated carbocycles. The van der Waals surface area contributed by atoms with Crippen LogP contribution in [0.25, 0.3) is 10.9 Å². The topological polar surface area (TPSA) is 230 Å². The van der Waals surface area contributed by atoms with E-state index >= 15 is 0 Å². The molecule has 1 aliphatic rings. The molecule has 250 valence electrons. The highest BCUT2D eigenvalue weighted by Crippen LogP contribution is 2.27. The Kier molecular flexibility index (Phi) is 14.7. The normalized spacial score (nSPS) is 14.5. The third-order valence-electron chi connectivity index (χ3n) is 6.48. The zero-order valence-electron chi connectivity index (χ0n) is 24.5. The van der Waals surface area contributed by atoms with Gasteiger partial charge in [-0.1, -0.05) is 0 Å². The first-order chi connectivity index (χ1) is 21.7. The molecule has 17 heteroatoms. The summed E-state index contributed by atoms with van der Waals surface area (Å²) >= 11 is 0. The first-order valence-electron chi connectivity index (χ1n) is 13.6. The minimum absolute atomic E-state index is 0.195. The molecule has 0 bridgehead atoms. The largest absolute Gasteiger partial charge is 0.497 e. The smallest absolute Gasteiger partial charge is 0.414 e. The van der Waals surface area contributed by atoms with Crippen molar-refractivity contribution in [3.8, 4) is 5.75 Å². The molecule has 1 aliphatic heterocycles. The second-order valence-corrected chi connectivity index (χ2v) is 9.81. The van der Waals surface area contributed by atoms with Crippen molar-refractivity contribution in [2.24, 2.45) is 0 Å². The minimum Gasteiger partial charge on any atom is -0.497 e. The van der Waals surface area contributed by atoms with Crippen molar-refractivity contribution < 1.29 is 63.3 Å². The molecule has 46 heavy (non-hydrogen) atoms. The zero-order valence-corrected chi connectivity index (χ0v) is 24.5. The number of carbonyl (C=O) groups is 4. The number of hydrogen-bond acceptors (Lipinski definition) is 11. The molecule has 0 aliphatic carbocycles. The maximum absolute atomic E-state index is 13.3. The van der Waals surface area contributed by atoms with Crippen LogP contribution in [0.15, 0.2) is 48.7 Å². The number of fused-ring (bicyclic) bond motifs is 1. The lowest BCUT2D eigenvalue weighted by molar-refractivity contribution is -0.159. The summed E-state index contributed by atoms with van der Waals surface area (Å²) in [6, 6.07) is 10.7. The lowest BCUT2D eigenvalue weighted by Crippen LogP contribution is -2.50. The molecule has 0 spiro atoms. The Morgan fingerprint density at radius 2 is 1.35 bits per heavy atom. The summed E-state index contributed by atoms with van der Waals surface area (Å²) in [5.74, 6) is -7.89. The van der Waals surface area contributed by atoms with Gasteiger partial charge < -0.3 is 40.7 Å². The van der Waals surface area contributed by atoms with Gasteiger partial charge in [-0.3, -0.25) is 14.8 Å². The number of piperazine rings is 1. The number of rotatable bonds is 9. The highest BCUT2D eigenvalue weighted by Gasteiger charge is 2.22. The Morgan fingerprint density at radius 3 is 1.85 bits per heavy atom. The van der Waals surface area contributed by atoms with Gasteiger partial charge in [0.15, 0.2) is 0 Å². The van der Waals surface area contributed by atoms with Gasteiger partial charge >= 0.3 is 23.9 Å². The molecule has 1 aromatic heterocycles. The first kappa shape index (κ1) is 37.2. The Hall–Kier alpha value is -4.97. The summed E-state index contributed by atoms with van der Waals surface area (Å²) in [7, 11) is 1.61. The summed E-state index contributed by atoms with van der Waals surface area (Å²) in [4.78, 5) is 45.1. The van der Waals surface area contributed by atoms with Crippen molar-refractivity contribution in [1.82, 2.24) is 14.8 Å². The highest BCUT2D eigenvalue weighted by molar-refractivity contribution is 6.27. The van der Waals surface area contributed by atoms with Gasteiger partial charge in [0.2, 0.25) is 0 Å². The average molecular weight is 653 g/mol. The summed E-state index contributed by atoms with van der Waals surface area (Å²) in [6.45, 7) is 4.18. The van der Waals surface area contributed by atoms with E-state index in [1.165, 1.54) is 12.1 Å². The number of anilines is 1. The molecule has 2 atom stereocenters. The van der Waals surface area contributed by atoms with Crippen LogP contribution in [0.2, 0.25) is 0 Å². The number of aliphatic hydroxyl groups is 2. The number of pyridine rings is 1. The van der Waals surface area contributed by atoms with Crippen molar-refractivity contribution in [3.63, 3.8) is 0 Å². The van der Waals surface area contributed by atoms with Crippen molar-refractivity contribution in [2.45, 2.75) is 12.2 Å². The number of carboxylic acids is 4. The van der Waals surface area contributed by atoms with Crippen LogP contribution in [0.4, 0.5) is 14.5 Å². The van der Waals surface area contributed by atoms with Crippen LogP contribution < -0.4 is 10.1 Å². The quantitative estimate of drug-likeness (QED) is 0.160. The van der Waals surface area contributed by atoms with Gasteiger partial charge in [0.25, 0.3) is 0 Å². The third-order valence-corrected chi connectivity index (χ3v) is 6.48. The van der Waals surface area contributed by atoms with Gasteiger partial charge in [-0.25, -0.2) is 28.0 Å². The summed E-state index contributed by atoms with van der Waals surface area (Å²) in [6.07, 6.45) is 0.367. The van der Waals surface area contributed by atoms with Gasteiger partial charge in [-0.2, -0.15) is 0 Å². The highest BCUT2D eigenvalue weighted by atomic mass is 19.1. The number of hydrogen-bond donors (Lipinski definition) is 7. The Bertz CT molecular complexity index is 1440. The van der Waals surface area contributed by atoms with Crippen LogP contribution >= 0.6 is 0 Å². The number of benzene rings is 2. The van der Waals surface area contributed by atoms with E-state index in [9.17, 15) is 19.0 Å². The van der Waals surface area contributed by atoms with Crippen LogP contribution in [0, 0.1) is 11.6 Å². The number of halogens is 2. The molecule has 2 aromatic carbocycles. The third kappa shape index (κ3) is 12.6. The fourth-order valence-electron chi connectivity index (χ4n) is 4.32. The number of aliphatic carboxylic acids is 4. The lowest BCUT2D eigenvalue weighted by Gasteiger charge is -2.36. The van der Waals surface area contributed by atoms with Crippen molar-refractivity contribution in [3.05, 3.63) is 65.9 Å².